The maximum absolute atomic E-state index is 11.8. The fraction of sp³-hybridized carbons (Fsp3) is 0.909. The number of hydrogen-bond donors (Lipinski definition) is 1. The van der Waals surface area contributed by atoms with Gasteiger partial charge in [0.2, 0.25) is 0 Å². The molecule has 0 bridgehead atoms. The van der Waals surface area contributed by atoms with Crippen LogP contribution in [0, 0.1) is 0 Å². The number of halogens is 3. The predicted molar refractivity (Wildman–Crippen MR) is 60.2 cm³/mol. The van der Waals surface area contributed by atoms with E-state index >= 15 is 0 Å². The maximum atomic E-state index is 11.8. The Kier molecular flexibility index (Phi) is 7.93. The molecular weight excluding hydrogens is 251 g/mol. The van der Waals surface area contributed by atoms with E-state index in [4.69, 9.17) is 4.74 Å². The van der Waals surface area contributed by atoms with Gasteiger partial charge in [-0.2, -0.15) is 13.2 Å². The molecule has 0 saturated carbocycles. The minimum atomic E-state index is -4.34. The third-order valence-electron chi connectivity index (χ3n) is 1.92. The standard InChI is InChI=1S/C11H20F3NO3/c1-4-18-10(16)9(15-8(2)3)5-6-17-7-11(12,13)14/h8-9,15H,4-7H2,1-3H3. The number of alkyl halides is 3. The Bertz CT molecular complexity index is 244. The molecule has 0 radical (unpaired) electrons. The third-order valence-corrected chi connectivity index (χ3v) is 1.92. The largest absolute Gasteiger partial charge is 0.465 e. The highest BCUT2D eigenvalue weighted by molar-refractivity contribution is 5.75. The number of hydrogen-bond acceptors (Lipinski definition) is 4. The third kappa shape index (κ3) is 9.23. The number of ether oxygens (including phenoxy) is 2. The Hall–Kier alpha value is -0.820. The van der Waals surface area contributed by atoms with Crippen molar-refractivity contribution in [2.75, 3.05) is 19.8 Å². The van der Waals surface area contributed by atoms with Crippen LogP contribution in [-0.4, -0.2) is 44.0 Å². The molecule has 4 nitrogen and oxygen atoms in total. The van der Waals surface area contributed by atoms with Crippen molar-refractivity contribution in [1.82, 2.24) is 5.32 Å². The molecule has 0 aromatic heterocycles. The number of esters is 1. The maximum Gasteiger partial charge on any atom is 0.411 e. The summed E-state index contributed by atoms with van der Waals surface area (Å²) in [6.07, 6.45) is -4.20. The predicted octanol–water partition coefficient (Wildman–Crippen LogP) is 1.89. The lowest BCUT2D eigenvalue weighted by Gasteiger charge is -2.19. The smallest absolute Gasteiger partial charge is 0.411 e. The molecule has 0 aromatic carbocycles. The van der Waals surface area contributed by atoms with E-state index in [-0.39, 0.29) is 25.7 Å². The van der Waals surface area contributed by atoms with Crippen molar-refractivity contribution in [3.05, 3.63) is 0 Å². The SMILES string of the molecule is CCOC(=O)C(CCOCC(F)(F)F)NC(C)C. The molecule has 0 aliphatic rings. The van der Waals surface area contributed by atoms with Gasteiger partial charge in [-0.3, -0.25) is 4.79 Å². The molecule has 0 aromatic rings. The summed E-state index contributed by atoms with van der Waals surface area (Å²) in [4.78, 5) is 11.5. The molecule has 0 spiro atoms. The van der Waals surface area contributed by atoms with Crippen LogP contribution in [0.25, 0.3) is 0 Å². The first-order valence-corrected chi connectivity index (χ1v) is 5.83. The number of carbonyl (C=O) groups is 1. The van der Waals surface area contributed by atoms with Gasteiger partial charge in [-0.25, -0.2) is 0 Å². The quantitative estimate of drug-likeness (QED) is 0.541. The van der Waals surface area contributed by atoms with Crippen LogP contribution >= 0.6 is 0 Å². The molecule has 0 rings (SSSR count). The lowest BCUT2D eigenvalue weighted by molar-refractivity contribution is -0.174. The van der Waals surface area contributed by atoms with Crippen LogP contribution in [0.4, 0.5) is 13.2 Å². The minimum absolute atomic E-state index is 0.0297. The molecule has 1 N–H and O–H groups in total. The van der Waals surface area contributed by atoms with Gasteiger partial charge < -0.3 is 14.8 Å². The lowest BCUT2D eigenvalue weighted by atomic mass is 10.2. The van der Waals surface area contributed by atoms with E-state index in [9.17, 15) is 18.0 Å². The van der Waals surface area contributed by atoms with E-state index in [1.165, 1.54) is 0 Å². The molecule has 1 unspecified atom stereocenters. The second-order valence-electron chi connectivity index (χ2n) is 4.08. The number of nitrogens with one attached hydrogen (secondary N) is 1. The summed E-state index contributed by atoms with van der Waals surface area (Å²) in [6, 6.07) is -0.611. The van der Waals surface area contributed by atoms with Crippen molar-refractivity contribution in [3.63, 3.8) is 0 Å². The molecule has 108 valence electrons. The Morgan fingerprint density at radius 2 is 1.94 bits per heavy atom. The summed E-state index contributed by atoms with van der Waals surface area (Å²) in [5.41, 5.74) is 0. The van der Waals surface area contributed by atoms with Crippen molar-refractivity contribution in [2.24, 2.45) is 0 Å². The summed E-state index contributed by atoms with van der Waals surface area (Å²) in [5, 5.41) is 2.93. The Morgan fingerprint density at radius 1 is 1.33 bits per heavy atom. The van der Waals surface area contributed by atoms with Crippen molar-refractivity contribution in [1.29, 1.82) is 0 Å². The fourth-order valence-corrected chi connectivity index (χ4v) is 1.30. The summed E-state index contributed by atoms with van der Waals surface area (Å²) in [7, 11) is 0. The summed E-state index contributed by atoms with van der Waals surface area (Å²) >= 11 is 0. The summed E-state index contributed by atoms with van der Waals surface area (Å²) in [6.45, 7) is 4.13. The van der Waals surface area contributed by atoms with Crippen molar-refractivity contribution >= 4 is 5.97 Å². The highest BCUT2D eigenvalue weighted by atomic mass is 19.4. The lowest BCUT2D eigenvalue weighted by Crippen LogP contribution is -2.42. The molecule has 0 fully saturated rings. The minimum Gasteiger partial charge on any atom is -0.465 e. The zero-order valence-corrected chi connectivity index (χ0v) is 10.8. The van der Waals surface area contributed by atoms with E-state index < -0.39 is 24.8 Å². The normalized spacial score (nSPS) is 13.7. The van der Waals surface area contributed by atoms with Crippen LogP contribution in [0.3, 0.4) is 0 Å². The van der Waals surface area contributed by atoms with Gasteiger partial charge in [-0.05, 0) is 13.3 Å². The molecule has 0 aliphatic carbocycles. The first kappa shape index (κ1) is 17.2. The topological polar surface area (TPSA) is 47.6 Å². The van der Waals surface area contributed by atoms with Gasteiger partial charge in [-0.15, -0.1) is 0 Å². The van der Waals surface area contributed by atoms with Gasteiger partial charge in [0.15, 0.2) is 0 Å². The van der Waals surface area contributed by atoms with Gasteiger partial charge in [-0.1, -0.05) is 13.8 Å². The van der Waals surface area contributed by atoms with Gasteiger partial charge in [0.1, 0.15) is 12.6 Å². The van der Waals surface area contributed by atoms with E-state index in [0.717, 1.165) is 0 Å². The van der Waals surface area contributed by atoms with Crippen LogP contribution in [0.1, 0.15) is 27.2 Å². The van der Waals surface area contributed by atoms with Crippen molar-refractivity contribution in [2.45, 2.75) is 45.5 Å². The van der Waals surface area contributed by atoms with Crippen LogP contribution in [0.5, 0.6) is 0 Å². The van der Waals surface area contributed by atoms with Crippen LogP contribution in [0.15, 0.2) is 0 Å². The molecular formula is C11H20F3NO3. The molecule has 0 saturated heterocycles. The fourth-order valence-electron chi connectivity index (χ4n) is 1.30. The van der Waals surface area contributed by atoms with Crippen molar-refractivity contribution in [3.8, 4) is 0 Å². The number of rotatable bonds is 8. The second-order valence-corrected chi connectivity index (χ2v) is 4.08. The Balaban J connectivity index is 4.05. The summed E-state index contributed by atoms with van der Waals surface area (Å²) in [5.74, 6) is -0.471. The van der Waals surface area contributed by atoms with Gasteiger partial charge in [0.05, 0.1) is 6.61 Å². The van der Waals surface area contributed by atoms with Gasteiger partial charge in [0, 0.05) is 12.6 Å². The molecule has 7 heteroatoms. The average Bonchev–Trinajstić information content (AvgIpc) is 2.21. The van der Waals surface area contributed by atoms with Crippen LogP contribution in [0.2, 0.25) is 0 Å². The second kappa shape index (κ2) is 8.31. The van der Waals surface area contributed by atoms with Gasteiger partial charge in [0.25, 0.3) is 0 Å². The average molecular weight is 271 g/mol. The summed E-state index contributed by atoms with van der Waals surface area (Å²) < 4.78 is 44.8. The molecule has 0 aliphatic heterocycles. The molecule has 0 heterocycles. The Labute approximate surface area is 105 Å². The highest BCUT2D eigenvalue weighted by Gasteiger charge is 2.28. The van der Waals surface area contributed by atoms with E-state index in [0.29, 0.717) is 0 Å². The zero-order chi connectivity index (χ0) is 14.2. The van der Waals surface area contributed by atoms with E-state index in [1.54, 1.807) is 6.92 Å². The molecule has 0 amide bonds. The van der Waals surface area contributed by atoms with Gasteiger partial charge >= 0.3 is 12.1 Å². The monoisotopic (exact) mass is 271 g/mol. The molecule has 18 heavy (non-hydrogen) atoms. The molecule has 1 atom stereocenters. The highest BCUT2D eigenvalue weighted by Crippen LogP contribution is 2.14. The van der Waals surface area contributed by atoms with Crippen LogP contribution in [-0.2, 0) is 14.3 Å². The van der Waals surface area contributed by atoms with Crippen molar-refractivity contribution < 1.29 is 27.4 Å². The van der Waals surface area contributed by atoms with Crippen LogP contribution < -0.4 is 5.32 Å². The number of carbonyl (C=O) groups excluding carboxylic acids is 1. The first-order chi connectivity index (χ1) is 8.26. The van der Waals surface area contributed by atoms with E-state index in [1.807, 2.05) is 13.8 Å². The zero-order valence-electron chi connectivity index (χ0n) is 10.8. The van der Waals surface area contributed by atoms with E-state index in [2.05, 4.69) is 10.1 Å². The first-order valence-electron chi connectivity index (χ1n) is 5.83. The Morgan fingerprint density at radius 3 is 2.39 bits per heavy atom.